The number of nitrogens with zero attached hydrogens (tertiary/aromatic N) is 1. The molecule has 20 heavy (non-hydrogen) atoms. The van der Waals surface area contributed by atoms with E-state index >= 15 is 0 Å². The number of carbonyl (C=O) groups is 1. The Morgan fingerprint density at radius 3 is 2.80 bits per heavy atom. The predicted molar refractivity (Wildman–Crippen MR) is 80.7 cm³/mol. The summed E-state index contributed by atoms with van der Waals surface area (Å²) in [5.41, 5.74) is 2.06. The van der Waals surface area contributed by atoms with Gasteiger partial charge >= 0.3 is 6.03 Å². The van der Waals surface area contributed by atoms with Crippen molar-refractivity contribution in [1.29, 1.82) is 0 Å². The smallest absolute Gasteiger partial charge is 0.315 e. The number of rotatable bonds is 4. The fourth-order valence-electron chi connectivity index (χ4n) is 1.94. The van der Waals surface area contributed by atoms with Crippen molar-refractivity contribution < 1.29 is 4.79 Å². The number of hydrogen-bond acceptors (Lipinski definition) is 3. The van der Waals surface area contributed by atoms with Crippen molar-refractivity contribution in [3.63, 3.8) is 0 Å². The predicted octanol–water partition coefficient (Wildman–Crippen LogP) is 3.33. The van der Waals surface area contributed by atoms with Crippen LogP contribution in [0, 0.1) is 0 Å². The Morgan fingerprint density at radius 1 is 1.35 bits per heavy atom. The fraction of sp³-hybridized carbons (Fsp3) is 0.333. The Morgan fingerprint density at radius 2 is 2.10 bits per heavy atom. The molecule has 3 rings (SSSR count). The van der Waals surface area contributed by atoms with Crippen LogP contribution in [0.1, 0.15) is 30.8 Å². The van der Waals surface area contributed by atoms with Gasteiger partial charge in [-0.2, -0.15) is 0 Å². The van der Waals surface area contributed by atoms with E-state index in [-0.39, 0.29) is 12.1 Å². The average molecular weight is 287 g/mol. The van der Waals surface area contributed by atoms with Crippen LogP contribution in [-0.4, -0.2) is 17.1 Å². The number of nitrogens with one attached hydrogen (secondary N) is 2. The summed E-state index contributed by atoms with van der Waals surface area (Å²) in [7, 11) is 0. The topological polar surface area (TPSA) is 54.0 Å². The standard InChI is InChI=1S/C15H17N3OS/c1-10(16-15(19)17-12-7-8-12)14-18-13(9-20-14)11-5-3-2-4-6-11/h2-6,9-10,12H,7-8H2,1H3,(H2,16,17,19)/t10-/m0/s1. The molecule has 1 saturated carbocycles. The minimum absolute atomic E-state index is 0.0730. The Labute approximate surface area is 122 Å². The lowest BCUT2D eigenvalue weighted by Crippen LogP contribution is -2.38. The summed E-state index contributed by atoms with van der Waals surface area (Å²) < 4.78 is 0. The van der Waals surface area contributed by atoms with Gasteiger partial charge in [-0.15, -0.1) is 11.3 Å². The van der Waals surface area contributed by atoms with Gasteiger partial charge in [0, 0.05) is 17.0 Å². The lowest BCUT2D eigenvalue weighted by Gasteiger charge is -2.11. The van der Waals surface area contributed by atoms with Crippen molar-refractivity contribution in [3.8, 4) is 11.3 Å². The molecule has 0 saturated heterocycles. The maximum absolute atomic E-state index is 11.7. The molecule has 1 atom stereocenters. The number of benzene rings is 1. The van der Waals surface area contributed by atoms with Crippen LogP contribution in [0.25, 0.3) is 11.3 Å². The second-order valence-electron chi connectivity index (χ2n) is 5.05. The molecule has 1 aliphatic carbocycles. The Bertz CT molecular complexity index is 592. The van der Waals surface area contributed by atoms with Gasteiger partial charge in [0.1, 0.15) is 5.01 Å². The molecule has 1 fully saturated rings. The van der Waals surface area contributed by atoms with Gasteiger partial charge in [0.15, 0.2) is 0 Å². The molecule has 1 aromatic heterocycles. The van der Waals surface area contributed by atoms with Gasteiger partial charge in [0.2, 0.25) is 0 Å². The Kier molecular flexibility index (Phi) is 3.69. The highest BCUT2D eigenvalue weighted by Crippen LogP contribution is 2.25. The van der Waals surface area contributed by atoms with Crippen LogP contribution in [0.15, 0.2) is 35.7 Å². The SMILES string of the molecule is C[C@H](NC(=O)NC1CC1)c1nc(-c2ccccc2)cs1. The molecule has 0 radical (unpaired) electrons. The summed E-state index contributed by atoms with van der Waals surface area (Å²) in [6.45, 7) is 1.96. The third kappa shape index (κ3) is 3.17. The first kappa shape index (κ1) is 13.1. The van der Waals surface area contributed by atoms with Gasteiger partial charge in [-0.1, -0.05) is 30.3 Å². The zero-order valence-electron chi connectivity index (χ0n) is 11.3. The summed E-state index contributed by atoms with van der Waals surface area (Å²) in [5.74, 6) is 0. The van der Waals surface area contributed by atoms with E-state index in [4.69, 9.17) is 0 Å². The van der Waals surface area contributed by atoms with Crippen molar-refractivity contribution in [2.24, 2.45) is 0 Å². The Balaban J connectivity index is 1.65. The van der Waals surface area contributed by atoms with E-state index < -0.39 is 0 Å². The van der Waals surface area contributed by atoms with Crippen LogP contribution in [0.2, 0.25) is 0 Å². The average Bonchev–Trinajstić information content (AvgIpc) is 3.12. The van der Waals surface area contributed by atoms with E-state index in [1.807, 2.05) is 42.6 Å². The van der Waals surface area contributed by atoms with Crippen LogP contribution in [0.5, 0.6) is 0 Å². The normalized spacial score (nSPS) is 15.7. The minimum atomic E-state index is -0.100. The second kappa shape index (κ2) is 5.63. The van der Waals surface area contributed by atoms with Crippen molar-refractivity contribution in [2.75, 3.05) is 0 Å². The quantitative estimate of drug-likeness (QED) is 0.906. The van der Waals surface area contributed by atoms with Gasteiger partial charge in [-0.05, 0) is 19.8 Å². The number of thiazole rings is 1. The number of aromatic nitrogens is 1. The van der Waals surface area contributed by atoms with Gasteiger partial charge in [0.25, 0.3) is 0 Å². The number of carbonyl (C=O) groups excluding carboxylic acids is 1. The molecule has 0 bridgehead atoms. The molecule has 5 heteroatoms. The molecule has 0 aliphatic heterocycles. The minimum Gasteiger partial charge on any atom is -0.335 e. The van der Waals surface area contributed by atoms with Crippen LogP contribution in [0.4, 0.5) is 4.79 Å². The van der Waals surface area contributed by atoms with Crippen molar-refractivity contribution >= 4 is 17.4 Å². The zero-order chi connectivity index (χ0) is 13.9. The first-order valence-corrected chi connectivity index (χ1v) is 7.68. The largest absolute Gasteiger partial charge is 0.335 e. The molecule has 104 valence electrons. The van der Waals surface area contributed by atoms with Crippen LogP contribution < -0.4 is 10.6 Å². The van der Waals surface area contributed by atoms with Gasteiger partial charge < -0.3 is 10.6 Å². The van der Waals surface area contributed by atoms with E-state index in [1.54, 1.807) is 11.3 Å². The Hall–Kier alpha value is -1.88. The lowest BCUT2D eigenvalue weighted by atomic mass is 10.2. The second-order valence-corrected chi connectivity index (χ2v) is 5.94. The molecule has 1 heterocycles. The molecule has 1 aliphatic rings. The molecular formula is C15H17N3OS. The monoisotopic (exact) mass is 287 g/mol. The summed E-state index contributed by atoms with van der Waals surface area (Å²) in [6, 6.07) is 10.3. The molecule has 0 spiro atoms. The lowest BCUT2D eigenvalue weighted by molar-refractivity contribution is 0.237. The van der Waals surface area contributed by atoms with Crippen molar-refractivity contribution in [1.82, 2.24) is 15.6 Å². The van der Waals surface area contributed by atoms with E-state index in [0.29, 0.717) is 6.04 Å². The maximum Gasteiger partial charge on any atom is 0.315 e. The van der Waals surface area contributed by atoms with Gasteiger partial charge in [-0.3, -0.25) is 0 Å². The third-order valence-electron chi connectivity index (χ3n) is 3.22. The molecule has 2 N–H and O–H groups in total. The highest BCUT2D eigenvalue weighted by molar-refractivity contribution is 7.10. The van der Waals surface area contributed by atoms with E-state index in [0.717, 1.165) is 29.1 Å². The molecular weight excluding hydrogens is 270 g/mol. The zero-order valence-corrected chi connectivity index (χ0v) is 12.1. The van der Waals surface area contributed by atoms with Crippen LogP contribution >= 0.6 is 11.3 Å². The number of hydrogen-bond donors (Lipinski definition) is 2. The van der Waals surface area contributed by atoms with E-state index in [9.17, 15) is 4.79 Å². The van der Waals surface area contributed by atoms with E-state index in [2.05, 4.69) is 15.6 Å². The molecule has 1 aromatic carbocycles. The molecule has 4 nitrogen and oxygen atoms in total. The van der Waals surface area contributed by atoms with Crippen molar-refractivity contribution in [2.45, 2.75) is 31.8 Å². The highest BCUT2D eigenvalue weighted by atomic mass is 32.1. The van der Waals surface area contributed by atoms with Gasteiger partial charge in [-0.25, -0.2) is 9.78 Å². The summed E-state index contributed by atoms with van der Waals surface area (Å²) >= 11 is 1.58. The summed E-state index contributed by atoms with van der Waals surface area (Å²) in [5, 5.41) is 8.81. The first-order valence-electron chi connectivity index (χ1n) is 6.80. The third-order valence-corrected chi connectivity index (χ3v) is 4.25. The van der Waals surface area contributed by atoms with Gasteiger partial charge in [0.05, 0.1) is 11.7 Å². The first-order chi connectivity index (χ1) is 9.72. The summed E-state index contributed by atoms with van der Waals surface area (Å²) in [6.07, 6.45) is 2.19. The number of amides is 2. The molecule has 2 aromatic rings. The van der Waals surface area contributed by atoms with E-state index in [1.165, 1.54) is 0 Å². The number of urea groups is 1. The van der Waals surface area contributed by atoms with Crippen molar-refractivity contribution in [3.05, 3.63) is 40.7 Å². The molecule has 0 unspecified atom stereocenters. The summed E-state index contributed by atoms with van der Waals surface area (Å²) in [4.78, 5) is 16.3. The maximum atomic E-state index is 11.7. The molecule has 2 amide bonds. The highest BCUT2D eigenvalue weighted by Gasteiger charge is 2.24. The van der Waals surface area contributed by atoms with Crippen LogP contribution in [-0.2, 0) is 0 Å². The van der Waals surface area contributed by atoms with Crippen LogP contribution in [0.3, 0.4) is 0 Å². The fourth-order valence-corrected chi connectivity index (χ4v) is 2.78.